The van der Waals surface area contributed by atoms with Gasteiger partial charge in [-0.15, -0.1) is 5.56 Å². The molecule has 0 spiro atoms. The molecule has 0 atom stereocenters. The molecule has 0 saturated carbocycles. The van der Waals surface area contributed by atoms with E-state index in [2.05, 4.69) is 26.9 Å². The Hall–Kier alpha value is -1.14. The summed E-state index contributed by atoms with van der Waals surface area (Å²) in [4.78, 5) is 12.2. The van der Waals surface area contributed by atoms with Gasteiger partial charge in [-0.1, -0.05) is 30.9 Å². The van der Waals surface area contributed by atoms with Gasteiger partial charge in [-0.05, 0) is 17.4 Å². The second-order valence-corrected chi connectivity index (χ2v) is 4.12. The van der Waals surface area contributed by atoms with Crippen LogP contribution >= 0.6 is 0 Å². The van der Waals surface area contributed by atoms with E-state index in [4.69, 9.17) is 0 Å². The van der Waals surface area contributed by atoms with Crippen LogP contribution in [0, 0.1) is 13.0 Å². The van der Waals surface area contributed by atoms with Crippen LogP contribution in [0.25, 0.3) is 0 Å². The largest absolute Gasteiger partial charge is 0.291 e. The normalized spacial score (nSPS) is 9.95. The van der Waals surface area contributed by atoms with Crippen LogP contribution in [0.4, 0.5) is 5.95 Å². The maximum Gasteiger partial charge on any atom is 0.249 e. The summed E-state index contributed by atoms with van der Waals surface area (Å²) in [5, 5.41) is 13.8. The first-order valence-electron chi connectivity index (χ1n) is 6.25. The van der Waals surface area contributed by atoms with Gasteiger partial charge in [-0.25, -0.2) is 4.68 Å². The van der Waals surface area contributed by atoms with E-state index in [0.717, 1.165) is 17.5 Å². The van der Waals surface area contributed by atoms with Gasteiger partial charge in [0.25, 0.3) is 0 Å². The third-order valence-corrected chi connectivity index (χ3v) is 3.02. The summed E-state index contributed by atoms with van der Waals surface area (Å²) in [7, 11) is 0. The zero-order chi connectivity index (χ0) is 13.8. The van der Waals surface area contributed by atoms with E-state index < -0.39 is 0 Å². The first-order valence-corrected chi connectivity index (χ1v) is 6.25. The first kappa shape index (κ1) is 16.9. The van der Waals surface area contributed by atoms with Crippen molar-refractivity contribution >= 4 is 11.9 Å². The van der Waals surface area contributed by atoms with Crippen molar-refractivity contribution in [2.24, 2.45) is 0 Å². The van der Waals surface area contributed by atoms with Crippen molar-refractivity contribution in [1.29, 1.82) is 0 Å². The summed E-state index contributed by atoms with van der Waals surface area (Å²) < 4.78 is 1.53. The number of benzene rings is 1. The van der Waals surface area contributed by atoms with E-state index in [-0.39, 0.29) is 38.6 Å². The fraction of sp³-hybridized carbons (Fsp3) is 0.385. The summed E-state index contributed by atoms with van der Waals surface area (Å²) in [6, 6.07) is 6.66. The molecule has 20 heavy (non-hydrogen) atoms. The second kappa shape index (κ2) is 7.59. The number of aryl methyl sites for hydroxylation is 2. The van der Waals surface area contributed by atoms with Crippen LogP contribution in [-0.4, -0.2) is 26.1 Å². The Bertz CT molecular complexity index is 596. The number of carbonyl (C=O) groups is 1. The van der Waals surface area contributed by atoms with Gasteiger partial charge in [0.05, 0.1) is 0 Å². The molecule has 1 N–H and O–H groups in total. The predicted octanol–water partition coefficient (Wildman–Crippen LogP) is 1.61. The van der Waals surface area contributed by atoms with Crippen molar-refractivity contribution in [2.75, 3.05) is 5.32 Å². The third-order valence-electron chi connectivity index (χ3n) is 3.02. The zero-order valence-corrected chi connectivity index (χ0v) is 14.7. The Morgan fingerprint density at radius 3 is 2.85 bits per heavy atom. The Morgan fingerprint density at radius 1 is 1.45 bits per heavy atom. The van der Waals surface area contributed by atoms with E-state index >= 15 is 0 Å². The number of nitrogens with one attached hydrogen (secondary N) is 1. The minimum Gasteiger partial charge on any atom is -0.291 e. The van der Waals surface area contributed by atoms with E-state index in [9.17, 15) is 4.79 Å². The summed E-state index contributed by atoms with van der Waals surface area (Å²) in [5.74, 6) is 0.156. The molecule has 0 saturated heterocycles. The van der Waals surface area contributed by atoms with Crippen LogP contribution < -0.4 is 5.32 Å². The molecule has 2 rings (SSSR count). The molecular weight excluding hydrogens is 331 g/mol. The van der Waals surface area contributed by atoms with Gasteiger partial charge in [-0.3, -0.25) is 10.1 Å². The minimum absolute atomic E-state index is 0. The quantitative estimate of drug-likeness (QED) is 0.853. The number of amides is 1. The molecule has 0 aliphatic carbocycles. The second-order valence-electron chi connectivity index (χ2n) is 4.12. The van der Waals surface area contributed by atoms with Gasteiger partial charge >= 0.3 is 0 Å². The standard InChI is InChI=1S/C13H16N5O.Y/c1-4-10-7-6-8-11(9(10)3)12(19)14-13-15-16-17-18(13)5-2;/h6,8H,4-5H2,1-3H3,(H,14,15,17,19);/q-1;. The Labute approximate surface area is 143 Å². The van der Waals surface area contributed by atoms with Crippen LogP contribution in [-0.2, 0) is 45.7 Å². The fourth-order valence-electron chi connectivity index (χ4n) is 1.91. The summed E-state index contributed by atoms with van der Waals surface area (Å²) >= 11 is 0. The number of rotatable bonds is 4. The van der Waals surface area contributed by atoms with Gasteiger partial charge in [0, 0.05) is 39.3 Å². The average molecular weight is 347 g/mol. The van der Waals surface area contributed by atoms with Crippen molar-refractivity contribution in [2.45, 2.75) is 33.7 Å². The molecule has 0 aliphatic heterocycles. The fourth-order valence-corrected chi connectivity index (χ4v) is 1.91. The number of nitrogens with zero attached hydrogens (tertiary/aromatic N) is 4. The maximum absolute atomic E-state index is 12.2. The molecule has 1 radical (unpaired) electrons. The molecule has 6 nitrogen and oxygen atoms in total. The molecule has 1 heterocycles. The average Bonchev–Trinajstić information content (AvgIpc) is 2.86. The van der Waals surface area contributed by atoms with Crippen molar-refractivity contribution in [3.63, 3.8) is 0 Å². The van der Waals surface area contributed by atoms with Crippen molar-refractivity contribution in [3.05, 3.63) is 34.9 Å². The molecule has 2 aromatic rings. The van der Waals surface area contributed by atoms with Crippen LogP contribution in [0.2, 0.25) is 0 Å². The van der Waals surface area contributed by atoms with Gasteiger partial charge in [0.1, 0.15) is 0 Å². The van der Waals surface area contributed by atoms with Gasteiger partial charge in [0.15, 0.2) is 0 Å². The molecule has 7 heteroatoms. The molecule has 0 fully saturated rings. The first-order chi connectivity index (χ1) is 9.17. The molecule has 1 aromatic heterocycles. The number of carbonyl (C=O) groups excluding carboxylic acids is 1. The van der Waals surface area contributed by atoms with E-state index in [1.54, 1.807) is 12.1 Å². The topological polar surface area (TPSA) is 72.7 Å². The molecule has 0 unspecified atom stereocenters. The van der Waals surface area contributed by atoms with E-state index in [0.29, 0.717) is 18.1 Å². The van der Waals surface area contributed by atoms with Crippen LogP contribution in [0.5, 0.6) is 0 Å². The van der Waals surface area contributed by atoms with Crippen LogP contribution in [0.15, 0.2) is 12.1 Å². The van der Waals surface area contributed by atoms with Crippen LogP contribution in [0.1, 0.15) is 35.3 Å². The van der Waals surface area contributed by atoms with Gasteiger partial charge in [0.2, 0.25) is 11.9 Å². The molecular formula is C13H16N5OY-. The minimum atomic E-state index is -0.203. The van der Waals surface area contributed by atoms with Gasteiger partial charge in [-0.2, -0.15) is 23.8 Å². The SMILES string of the molecule is CCc1[c-]ccc(C(=O)Nc2nnnn2CC)c1C.[Y]. The van der Waals surface area contributed by atoms with E-state index in [1.165, 1.54) is 4.68 Å². The maximum atomic E-state index is 12.2. The van der Waals surface area contributed by atoms with E-state index in [1.807, 2.05) is 20.8 Å². The number of anilines is 1. The number of aromatic nitrogens is 4. The van der Waals surface area contributed by atoms with Gasteiger partial charge < -0.3 is 0 Å². The molecule has 1 aromatic carbocycles. The van der Waals surface area contributed by atoms with Crippen molar-refractivity contribution < 1.29 is 37.5 Å². The monoisotopic (exact) mass is 347 g/mol. The summed E-state index contributed by atoms with van der Waals surface area (Å²) in [5.41, 5.74) is 2.61. The molecule has 0 aliphatic rings. The predicted molar refractivity (Wildman–Crippen MR) is 70.8 cm³/mol. The Balaban J connectivity index is 0.00000200. The smallest absolute Gasteiger partial charge is 0.249 e. The van der Waals surface area contributed by atoms with Crippen molar-refractivity contribution in [3.8, 4) is 0 Å². The summed E-state index contributed by atoms with van der Waals surface area (Å²) in [6.45, 7) is 6.47. The van der Waals surface area contributed by atoms with Crippen molar-refractivity contribution in [1.82, 2.24) is 20.2 Å². The number of hydrogen-bond donors (Lipinski definition) is 1. The van der Waals surface area contributed by atoms with Crippen LogP contribution in [0.3, 0.4) is 0 Å². The molecule has 103 valence electrons. The number of tetrazole rings is 1. The zero-order valence-electron chi connectivity index (χ0n) is 11.8. The summed E-state index contributed by atoms with van der Waals surface area (Å²) in [6.07, 6.45) is 0.847. The molecule has 1 amide bonds. The third kappa shape index (κ3) is 3.49. The Morgan fingerprint density at radius 2 is 2.20 bits per heavy atom. The Kier molecular flexibility index (Phi) is 6.42. The molecule has 0 bridgehead atoms. The number of hydrogen-bond acceptors (Lipinski definition) is 4.